The number of nitrogens with one attached hydrogen (secondary N) is 1. The van der Waals surface area contributed by atoms with E-state index in [0.717, 1.165) is 51.1 Å². The van der Waals surface area contributed by atoms with Gasteiger partial charge in [0.05, 0.1) is 0 Å². The molecule has 1 saturated heterocycles. The van der Waals surface area contributed by atoms with E-state index >= 15 is 0 Å². The van der Waals surface area contributed by atoms with Crippen LogP contribution in [0.1, 0.15) is 57.1 Å². The number of nitrogens with zero attached hydrogens (tertiary/aromatic N) is 1. The van der Waals surface area contributed by atoms with Crippen molar-refractivity contribution < 1.29 is 14.3 Å². The first kappa shape index (κ1) is 26.7. The van der Waals surface area contributed by atoms with Crippen molar-refractivity contribution in [2.24, 2.45) is 17.6 Å². The molecule has 0 spiro atoms. The maximum Gasteiger partial charge on any atom is 0.222 e. The summed E-state index contributed by atoms with van der Waals surface area (Å²) in [6.45, 7) is 7.35. The predicted molar refractivity (Wildman–Crippen MR) is 140 cm³/mol. The fraction of sp³-hybridized carbons (Fsp3) is 0.517. The van der Waals surface area contributed by atoms with Crippen LogP contribution in [0.15, 0.2) is 54.6 Å². The van der Waals surface area contributed by atoms with Crippen molar-refractivity contribution in [2.75, 3.05) is 19.6 Å². The van der Waals surface area contributed by atoms with Crippen LogP contribution in [-0.4, -0.2) is 42.4 Å². The third kappa shape index (κ3) is 9.73. The molecular weight excluding hydrogens is 438 g/mol. The fourth-order valence-corrected chi connectivity index (χ4v) is 4.55. The van der Waals surface area contributed by atoms with E-state index in [-0.39, 0.29) is 24.2 Å². The second kappa shape index (κ2) is 13.9. The molecule has 6 heteroatoms. The van der Waals surface area contributed by atoms with Gasteiger partial charge in [0.25, 0.3) is 0 Å². The zero-order valence-electron chi connectivity index (χ0n) is 21.2. The van der Waals surface area contributed by atoms with Crippen molar-refractivity contribution in [3.63, 3.8) is 0 Å². The molecule has 0 aliphatic carbocycles. The van der Waals surface area contributed by atoms with Gasteiger partial charge in [-0.3, -0.25) is 9.59 Å². The number of benzene rings is 2. The van der Waals surface area contributed by atoms with Crippen molar-refractivity contribution in [1.82, 2.24) is 10.2 Å². The van der Waals surface area contributed by atoms with Gasteiger partial charge >= 0.3 is 0 Å². The van der Waals surface area contributed by atoms with Crippen LogP contribution in [0.4, 0.5) is 0 Å². The Bertz CT molecular complexity index is 909. The molecule has 2 unspecified atom stereocenters. The summed E-state index contributed by atoms with van der Waals surface area (Å²) in [6, 6.07) is 19.1. The smallest absolute Gasteiger partial charge is 0.222 e. The number of nitrogens with two attached hydrogens (primary N) is 1. The molecule has 0 aromatic heterocycles. The highest BCUT2D eigenvalue weighted by atomic mass is 16.5. The molecule has 3 rings (SSSR count). The number of primary amides is 1. The van der Waals surface area contributed by atoms with E-state index in [4.69, 9.17) is 10.5 Å². The van der Waals surface area contributed by atoms with Crippen molar-refractivity contribution >= 4 is 11.8 Å². The SMILES string of the molecule is CC(CCc1ccc(OCc2ccccc2)cc1)CNC1CCN(C(=O)CC(C)CC(N)=O)CC1. The summed E-state index contributed by atoms with van der Waals surface area (Å²) in [7, 11) is 0. The summed E-state index contributed by atoms with van der Waals surface area (Å²) < 4.78 is 5.88. The van der Waals surface area contributed by atoms with Crippen LogP contribution in [0, 0.1) is 11.8 Å². The van der Waals surface area contributed by atoms with Crippen LogP contribution < -0.4 is 15.8 Å². The van der Waals surface area contributed by atoms with E-state index < -0.39 is 0 Å². The highest BCUT2D eigenvalue weighted by Crippen LogP contribution is 2.18. The van der Waals surface area contributed by atoms with Gasteiger partial charge < -0.3 is 20.7 Å². The number of rotatable bonds is 13. The Morgan fingerprint density at radius 2 is 1.66 bits per heavy atom. The molecule has 2 atom stereocenters. The first-order chi connectivity index (χ1) is 16.9. The molecule has 1 fully saturated rings. The molecule has 1 aliphatic rings. The molecule has 2 aromatic carbocycles. The number of hydrogen-bond acceptors (Lipinski definition) is 4. The van der Waals surface area contributed by atoms with Crippen LogP contribution in [0.2, 0.25) is 0 Å². The number of ether oxygens (including phenoxy) is 1. The Morgan fingerprint density at radius 1 is 0.971 bits per heavy atom. The van der Waals surface area contributed by atoms with Crippen LogP contribution >= 0.6 is 0 Å². The Hall–Kier alpha value is -2.86. The van der Waals surface area contributed by atoms with E-state index in [2.05, 4.69) is 48.6 Å². The van der Waals surface area contributed by atoms with E-state index in [0.29, 0.717) is 25.0 Å². The van der Waals surface area contributed by atoms with Gasteiger partial charge in [-0.2, -0.15) is 0 Å². The standard InChI is InChI=1S/C29H41N3O3/c1-22(8-9-24-10-12-27(13-11-24)35-21-25-6-4-3-5-7-25)20-31-26-14-16-32(17-15-26)29(34)19-23(2)18-28(30)33/h3-7,10-13,22-23,26,31H,8-9,14-21H2,1-2H3,(H2,30,33). The lowest BCUT2D eigenvalue weighted by Gasteiger charge is -2.33. The second-order valence-electron chi connectivity index (χ2n) is 10.1. The molecule has 3 N–H and O–H groups in total. The van der Waals surface area contributed by atoms with Crippen molar-refractivity contribution in [3.05, 3.63) is 65.7 Å². The number of hydrogen-bond donors (Lipinski definition) is 2. The fourth-order valence-electron chi connectivity index (χ4n) is 4.55. The van der Waals surface area contributed by atoms with Crippen LogP contribution in [-0.2, 0) is 22.6 Å². The largest absolute Gasteiger partial charge is 0.489 e. The minimum Gasteiger partial charge on any atom is -0.489 e. The van der Waals surface area contributed by atoms with Crippen molar-refractivity contribution in [3.8, 4) is 5.75 Å². The van der Waals surface area contributed by atoms with Crippen molar-refractivity contribution in [2.45, 2.75) is 65.0 Å². The average Bonchev–Trinajstić information content (AvgIpc) is 2.86. The van der Waals surface area contributed by atoms with Crippen LogP contribution in [0.5, 0.6) is 5.75 Å². The minimum absolute atomic E-state index is 0.00900. The molecule has 0 radical (unpaired) electrons. The molecular formula is C29H41N3O3. The van der Waals surface area contributed by atoms with E-state index in [1.54, 1.807) is 0 Å². The quantitative estimate of drug-likeness (QED) is 0.448. The van der Waals surface area contributed by atoms with Gasteiger partial charge in [0.2, 0.25) is 11.8 Å². The monoisotopic (exact) mass is 479 g/mol. The lowest BCUT2D eigenvalue weighted by atomic mass is 9.98. The Kier molecular flexibility index (Phi) is 10.6. The molecule has 0 saturated carbocycles. The molecule has 1 heterocycles. The number of amides is 2. The minimum atomic E-state index is -0.341. The van der Waals surface area contributed by atoms with Crippen LogP contribution in [0.3, 0.4) is 0 Å². The van der Waals surface area contributed by atoms with Gasteiger partial charge in [-0.15, -0.1) is 0 Å². The maximum atomic E-state index is 12.5. The third-order valence-corrected chi connectivity index (χ3v) is 6.77. The number of aryl methyl sites for hydroxylation is 1. The normalized spacial score (nSPS) is 16.0. The van der Waals surface area contributed by atoms with Gasteiger partial charge in [-0.1, -0.05) is 56.3 Å². The van der Waals surface area contributed by atoms with E-state index in [1.807, 2.05) is 30.0 Å². The zero-order chi connectivity index (χ0) is 25.0. The summed E-state index contributed by atoms with van der Waals surface area (Å²) in [5.41, 5.74) is 7.74. The van der Waals surface area contributed by atoms with Crippen molar-refractivity contribution in [1.29, 1.82) is 0 Å². The van der Waals surface area contributed by atoms with Gasteiger partial charge in [0, 0.05) is 32.0 Å². The molecule has 1 aliphatic heterocycles. The summed E-state index contributed by atoms with van der Waals surface area (Å²) in [5.74, 6) is 1.29. The lowest BCUT2D eigenvalue weighted by Crippen LogP contribution is -2.46. The number of carbonyl (C=O) groups excluding carboxylic acids is 2. The highest BCUT2D eigenvalue weighted by molar-refractivity contribution is 5.78. The average molecular weight is 480 g/mol. The number of piperidine rings is 1. The molecule has 190 valence electrons. The Morgan fingerprint density at radius 3 is 2.31 bits per heavy atom. The first-order valence-electron chi connectivity index (χ1n) is 12.9. The molecule has 0 bridgehead atoms. The molecule has 2 amide bonds. The predicted octanol–water partition coefficient (Wildman–Crippen LogP) is 4.32. The third-order valence-electron chi connectivity index (χ3n) is 6.77. The van der Waals surface area contributed by atoms with E-state index in [1.165, 1.54) is 11.1 Å². The van der Waals surface area contributed by atoms with Gasteiger partial charge in [-0.25, -0.2) is 0 Å². The maximum absolute atomic E-state index is 12.5. The zero-order valence-corrected chi connectivity index (χ0v) is 21.2. The molecule has 35 heavy (non-hydrogen) atoms. The molecule has 2 aromatic rings. The summed E-state index contributed by atoms with van der Waals surface area (Å²) in [6.07, 6.45) is 4.82. The van der Waals surface area contributed by atoms with Crippen LogP contribution in [0.25, 0.3) is 0 Å². The Balaban J connectivity index is 1.29. The Labute approximate surface area is 210 Å². The summed E-state index contributed by atoms with van der Waals surface area (Å²) >= 11 is 0. The van der Waals surface area contributed by atoms with Gasteiger partial charge in [0.15, 0.2) is 0 Å². The lowest BCUT2D eigenvalue weighted by molar-refractivity contribution is -0.133. The number of carbonyl (C=O) groups is 2. The summed E-state index contributed by atoms with van der Waals surface area (Å²) in [5, 5.41) is 3.71. The number of likely N-dealkylation sites (tertiary alicyclic amines) is 1. The van der Waals surface area contributed by atoms with Gasteiger partial charge in [-0.05, 0) is 67.3 Å². The topological polar surface area (TPSA) is 84.7 Å². The van der Waals surface area contributed by atoms with Gasteiger partial charge in [0.1, 0.15) is 12.4 Å². The highest BCUT2D eigenvalue weighted by Gasteiger charge is 2.24. The second-order valence-corrected chi connectivity index (χ2v) is 10.1. The molecule has 6 nitrogen and oxygen atoms in total. The summed E-state index contributed by atoms with van der Waals surface area (Å²) in [4.78, 5) is 25.4. The first-order valence-corrected chi connectivity index (χ1v) is 12.9. The van der Waals surface area contributed by atoms with E-state index in [9.17, 15) is 9.59 Å².